The van der Waals surface area contributed by atoms with Gasteiger partial charge in [0.2, 0.25) is 0 Å². The molecular formula is C55H37NS2. The fraction of sp³-hybridized carbons (Fsp3) is 0.0545. The highest BCUT2D eigenvalue weighted by Gasteiger charge is 2.23. The van der Waals surface area contributed by atoms with Crippen molar-refractivity contribution >= 4 is 112 Å². The molecule has 3 heteroatoms. The van der Waals surface area contributed by atoms with E-state index in [0.717, 1.165) is 18.5 Å². The van der Waals surface area contributed by atoms with E-state index in [1.165, 1.54) is 101 Å². The molecule has 2 aromatic heterocycles. The normalized spacial score (nSPS) is 12.6. The van der Waals surface area contributed by atoms with Gasteiger partial charge in [0.05, 0.1) is 16.1 Å². The highest BCUT2D eigenvalue weighted by molar-refractivity contribution is 7.26. The Kier molecular flexibility index (Phi) is 7.85. The first-order valence-electron chi connectivity index (χ1n) is 20.2. The Hall–Kier alpha value is -6.52. The second-order valence-electron chi connectivity index (χ2n) is 15.6. The maximum absolute atomic E-state index is 2.49. The minimum atomic E-state index is 0.321. The molecule has 0 saturated carbocycles. The van der Waals surface area contributed by atoms with E-state index in [9.17, 15) is 0 Å². The average Bonchev–Trinajstić information content (AvgIpc) is 3.87. The van der Waals surface area contributed by atoms with Crippen LogP contribution < -0.4 is 4.90 Å². The highest BCUT2D eigenvalue weighted by Crippen LogP contribution is 2.49. The van der Waals surface area contributed by atoms with Crippen LogP contribution in [-0.4, -0.2) is 0 Å². The van der Waals surface area contributed by atoms with Crippen LogP contribution in [0.1, 0.15) is 22.6 Å². The lowest BCUT2D eigenvalue weighted by atomic mass is 9.83. The van der Waals surface area contributed by atoms with E-state index in [4.69, 9.17) is 0 Å². The third-order valence-electron chi connectivity index (χ3n) is 12.3. The number of rotatable bonds is 8. The maximum atomic E-state index is 2.49. The second-order valence-corrected chi connectivity index (χ2v) is 17.7. The number of thiophene rings is 2. The van der Waals surface area contributed by atoms with Crippen LogP contribution in [0.4, 0.5) is 17.1 Å². The Morgan fingerprint density at radius 3 is 1.67 bits per heavy atom. The summed E-state index contributed by atoms with van der Waals surface area (Å²) in [5.41, 5.74) is 7.79. The molecule has 0 N–H and O–H groups in total. The average molecular weight is 776 g/mol. The summed E-state index contributed by atoms with van der Waals surface area (Å²) in [6.07, 6.45) is 1.94. The van der Waals surface area contributed by atoms with Crippen LogP contribution in [0.25, 0.3) is 72.7 Å². The standard InChI is InChI=1S/C55H37NS2/c1-3-13-35(14-4-1)40(34-39-15-11-20-45-43-18-7-9-23-50(43)57-54(39)45)33-38-26-25-36-28-31-47-48(32-29-37-27-30-42(38)52(36)53(37)47)56(41-16-5-2-6-17-41)49-22-12-21-46-44-19-8-10-24-51(44)58-55(46)49/h1-32,40H,33-34H2. The van der Waals surface area contributed by atoms with E-state index in [1.807, 2.05) is 22.7 Å². The van der Waals surface area contributed by atoms with E-state index >= 15 is 0 Å². The van der Waals surface area contributed by atoms with Gasteiger partial charge in [0.15, 0.2) is 0 Å². The number of benzene rings is 10. The van der Waals surface area contributed by atoms with Crippen molar-refractivity contribution in [3.63, 3.8) is 0 Å². The molecule has 0 aliphatic rings. The van der Waals surface area contributed by atoms with Gasteiger partial charge in [-0.25, -0.2) is 0 Å². The lowest BCUT2D eigenvalue weighted by Gasteiger charge is -2.28. The second kappa shape index (κ2) is 13.6. The van der Waals surface area contributed by atoms with Crippen LogP contribution >= 0.6 is 22.7 Å². The third kappa shape index (κ3) is 5.35. The molecule has 2 heterocycles. The SMILES string of the molecule is c1ccc(C(Cc2ccc3ccc4c(N(c5ccccc5)c5cccc6c5sc5ccccc56)ccc5ccc2c3c54)Cc2cccc3c2sc2ccccc23)cc1. The van der Waals surface area contributed by atoms with Gasteiger partial charge in [0, 0.05) is 46.7 Å². The molecule has 0 spiro atoms. The van der Waals surface area contributed by atoms with E-state index in [1.54, 1.807) is 0 Å². The Morgan fingerprint density at radius 2 is 0.914 bits per heavy atom. The highest BCUT2D eigenvalue weighted by atomic mass is 32.1. The number of anilines is 3. The van der Waals surface area contributed by atoms with Gasteiger partial charge in [-0.05, 0) is 98.8 Å². The summed E-state index contributed by atoms with van der Waals surface area (Å²) in [5.74, 6) is 0.321. The predicted molar refractivity (Wildman–Crippen MR) is 254 cm³/mol. The molecule has 274 valence electrons. The van der Waals surface area contributed by atoms with Gasteiger partial charge in [-0.15, -0.1) is 22.7 Å². The van der Waals surface area contributed by atoms with Crippen LogP contribution in [-0.2, 0) is 12.8 Å². The molecule has 0 fully saturated rings. The van der Waals surface area contributed by atoms with Gasteiger partial charge in [-0.3, -0.25) is 0 Å². The molecule has 1 unspecified atom stereocenters. The summed E-state index contributed by atoms with van der Waals surface area (Å²) in [5, 5.41) is 13.2. The molecule has 0 bridgehead atoms. The molecule has 1 nitrogen and oxygen atoms in total. The van der Waals surface area contributed by atoms with Crippen molar-refractivity contribution in [2.45, 2.75) is 18.8 Å². The van der Waals surface area contributed by atoms with Crippen molar-refractivity contribution in [3.05, 3.63) is 211 Å². The van der Waals surface area contributed by atoms with Crippen molar-refractivity contribution in [1.82, 2.24) is 0 Å². The number of nitrogens with zero attached hydrogens (tertiary/aromatic N) is 1. The lowest BCUT2D eigenvalue weighted by molar-refractivity contribution is 0.686. The Morgan fingerprint density at radius 1 is 0.362 bits per heavy atom. The zero-order valence-corrected chi connectivity index (χ0v) is 33.4. The molecule has 10 aromatic carbocycles. The van der Waals surface area contributed by atoms with E-state index in [0.29, 0.717) is 5.92 Å². The quantitative estimate of drug-likeness (QED) is 0.139. The Labute approximate surface area is 345 Å². The van der Waals surface area contributed by atoms with E-state index in [-0.39, 0.29) is 0 Å². The smallest absolute Gasteiger partial charge is 0.0640 e. The van der Waals surface area contributed by atoms with Crippen LogP contribution in [0.15, 0.2) is 194 Å². The first-order valence-corrected chi connectivity index (χ1v) is 21.8. The number of para-hydroxylation sites is 1. The third-order valence-corrected chi connectivity index (χ3v) is 14.8. The molecule has 0 radical (unpaired) electrons. The zero-order valence-electron chi connectivity index (χ0n) is 31.7. The summed E-state index contributed by atoms with van der Waals surface area (Å²) in [6.45, 7) is 0. The largest absolute Gasteiger partial charge is 0.308 e. The summed E-state index contributed by atoms with van der Waals surface area (Å²) in [4.78, 5) is 2.49. The van der Waals surface area contributed by atoms with Crippen LogP contribution in [0.5, 0.6) is 0 Å². The molecule has 12 rings (SSSR count). The van der Waals surface area contributed by atoms with Crippen LogP contribution in [0.2, 0.25) is 0 Å². The molecule has 1 atom stereocenters. The Balaban J connectivity index is 1.03. The molecule has 0 saturated heterocycles. The van der Waals surface area contributed by atoms with Gasteiger partial charge in [-0.2, -0.15) is 0 Å². The van der Waals surface area contributed by atoms with Crippen molar-refractivity contribution in [3.8, 4) is 0 Å². The summed E-state index contributed by atoms with van der Waals surface area (Å²) in [7, 11) is 0. The minimum absolute atomic E-state index is 0.321. The van der Waals surface area contributed by atoms with Crippen molar-refractivity contribution in [2.75, 3.05) is 4.90 Å². The maximum Gasteiger partial charge on any atom is 0.0640 e. The van der Waals surface area contributed by atoms with E-state index < -0.39 is 0 Å². The van der Waals surface area contributed by atoms with Gasteiger partial charge >= 0.3 is 0 Å². The first-order chi connectivity index (χ1) is 28.8. The summed E-state index contributed by atoms with van der Waals surface area (Å²) in [6, 6.07) is 72.3. The topological polar surface area (TPSA) is 3.24 Å². The van der Waals surface area contributed by atoms with Crippen LogP contribution in [0.3, 0.4) is 0 Å². The molecule has 0 aliphatic heterocycles. The summed E-state index contributed by atoms with van der Waals surface area (Å²) < 4.78 is 5.40. The predicted octanol–water partition coefficient (Wildman–Crippen LogP) is 16.4. The fourth-order valence-corrected chi connectivity index (χ4v) is 12.1. The number of hydrogen-bond acceptors (Lipinski definition) is 3. The number of hydrogen-bond donors (Lipinski definition) is 0. The van der Waals surface area contributed by atoms with E-state index in [2.05, 4.69) is 199 Å². The van der Waals surface area contributed by atoms with Gasteiger partial charge in [0.1, 0.15) is 0 Å². The first kappa shape index (κ1) is 33.6. The molecule has 0 amide bonds. The van der Waals surface area contributed by atoms with Gasteiger partial charge in [-0.1, -0.05) is 158 Å². The fourth-order valence-electron chi connectivity index (χ4n) is 9.64. The van der Waals surface area contributed by atoms with Crippen molar-refractivity contribution in [1.29, 1.82) is 0 Å². The molecule has 0 aliphatic carbocycles. The Bertz CT molecular complexity index is 3470. The van der Waals surface area contributed by atoms with Gasteiger partial charge in [0.25, 0.3) is 0 Å². The monoisotopic (exact) mass is 775 g/mol. The molecule has 58 heavy (non-hydrogen) atoms. The van der Waals surface area contributed by atoms with Crippen LogP contribution in [0, 0.1) is 0 Å². The van der Waals surface area contributed by atoms with Crippen molar-refractivity contribution < 1.29 is 0 Å². The number of fused-ring (bicyclic) bond motifs is 6. The molecule has 12 aromatic rings. The van der Waals surface area contributed by atoms with Gasteiger partial charge < -0.3 is 4.90 Å². The summed E-state index contributed by atoms with van der Waals surface area (Å²) >= 11 is 3.82. The minimum Gasteiger partial charge on any atom is -0.308 e. The molecular weight excluding hydrogens is 739 g/mol. The lowest BCUT2D eigenvalue weighted by Crippen LogP contribution is -2.10. The van der Waals surface area contributed by atoms with Crippen molar-refractivity contribution in [2.24, 2.45) is 0 Å². The zero-order chi connectivity index (χ0) is 38.2.